The first-order valence-electron chi connectivity index (χ1n) is 10.2. The molecule has 9 heteroatoms. The van der Waals surface area contributed by atoms with Gasteiger partial charge in [0.25, 0.3) is 0 Å². The number of fused-ring (bicyclic) bond motifs is 2. The Morgan fingerprint density at radius 3 is 2.87 bits per heavy atom. The lowest BCUT2D eigenvalue weighted by Crippen LogP contribution is -2.20. The molecule has 1 fully saturated rings. The van der Waals surface area contributed by atoms with Gasteiger partial charge in [0.15, 0.2) is 0 Å². The number of carbonyl (C=O) groups is 1. The Balaban J connectivity index is 0.000000282. The number of hydrogen-bond donors (Lipinski definition) is 4. The van der Waals surface area contributed by atoms with Gasteiger partial charge in [0.05, 0.1) is 5.69 Å². The van der Waals surface area contributed by atoms with Crippen molar-refractivity contribution in [2.45, 2.75) is 13.3 Å². The van der Waals surface area contributed by atoms with E-state index >= 15 is 0 Å². The molecular formula is C22H26N6O3. The molecule has 31 heavy (non-hydrogen) atoms. The number of pyridine rings is 3. The third kappa shape index (κ3) is 4.22. The molecule has 0 bridgehead atoms. The number of rotatable bonds is 4. The van der Waals surface area contributed by atoms with Crippen molar-refractivity contribution in [3.8, 4) is 17.1 Å². The molecule has 3 aromatic heterocycles. The van der Waals surface area contributed by atoms with E-state index in [-0.39, 0.29) is 12.5 Å². The highest BCUT2D eigenvalue weighted by Crippen LogP contribution is 2.36. The first-order chi connectivity index (χ1) is 15.0. The Morgan fingerprint density at radius 1 is 1.35 bits per heavy atom. The van der Waals surface area contributed by atoms with Crippen molar-refractivity contribution in [3.63, 3.8) is 0 Å². The molecule has 9 nitrogen and oxygen atoms in total. The van der Waals surface area contributed by atoms with E-state index in [9.17, 15) is 4.79 Å². The number of aliphatic hydroxyl groups excluding tert-OH is 1. The summed E-state index contributed by atoms with van der Waals surface area (Å²) in [6.07, 6.45) is 5.34. The Kier molecular flexibility index (Phi) is 5.85. The maximum absolute atomic E-state index is 9.83. The highest BCUT2D eigenvalue weighted by molar-refractivity contribution is 5.95. The summed E-state index contributed by atoms with van der Waals surface area (Å²) in [5, 5.41) is 16.6. The van der Waals surface area contributed by atoms with E-state index in [0.29, 0.717) is 24.2 Å². The number of nitrogens with zero attached hydrogens (tertiary/aromatic N) is 3. The Bertz CT molecular complexity index is 1120. The number of ether oxygens (including phenoxy) is 1. The van der Waals surface area contributed by atoms with Crippen LogP contribution in [0.1, 0.15) is 12.0 Å². The highest BCUT2D eigenvalue weighted by Gasteiger charge is 2.35. The zero-order chi connectivity index (χ0) is 22.0. The molecule has 0 aromatic carbocycles. The zero-order valence-corrected chi connectivity index (χ0v) is 17.6. The van der Waals surface area contributed by atoms with Gasteiger partial charge < -0.3 is 31.0 Å². The first kappa shape index (κ1) is 20.8. The molecule has 5 rings (SSSR count). The van der Waals surface area contributed by atoms with Gasteiger partial charge in [-0.25, -0.2) is 15.0 Å². The van der Waals surface area contributed by atoms with Crippen molar-refractivity contribution < 1.29 is 14.6 Å². The smallest absolute Gasteiger partial charge is 0.237 e. The number of aliphatic hydroxyl groups is 1. The van der Waals surface area contributed by atoms with Gasteiger partial charge in [-0.15, -0.1) is 0 Å². The summed E-state index contributed by atoms with van der Waals surface area (Å²) in [4.78, 5) is 23.1. The summed E-state index contributed by atoms with van der Waals surface area (Å²) in [5.74, 6) is 2.37. The maximum Gasteiger partial charge on any atom is 0.237 e. The normalized spacial score (nSPS) is 18.7. The molecule has 5 N–H and O–H groups in total. The second kappa shape index (κ2) is 8.73. The number of nitrogen functional groups attached to an aromatic ring is 1. The highest BCUT2D eigenvalue weighted by atomic mass is 16.5. The molecule has 0 saturated heterocycles. The van der Waals surface area contributed by atoms with E-state index in [1.807, 2.05) is 26.1 Å². The third-order valence-electron chi connectivity index (χ3n) is 5.61. The lowest BCUT2D eigenvalue weighted by molar-refractivity contribution is -0.109. The van der Waals surface area contributed by atoms with Crippen molar-refractivity contribution in [1.82, 2.24) is 15.0 Å². The molecule has 1 aliphatic carbocycles. The van der Waals surface area contributed by atoms with Crippen molar-refractivity contribution >= 4 is 34.4 Å². The van der Waals surface area contributed by atoms with Crippen LogP contribution in [0.4, 0.5) is 17.3 Å². The fourth-order valence-electron chi connectivity index (χ4n) is 3.58. The monoisotopic (exact) mass is 422 g/mol. The molecule has 2 atom stereocenters. The SMILES string of the molecule is CNc1cc2cc(-c3cnc4c(c3C)NCCO4)nc(N)c2cn1.O=CC1CC1CO. The number of anilines is 3. The van der Waals surface area contributed by atoms with Gasteiger partial charge in [0, 0.05) is 49.5 Å². The van der Waals surface area contributed by atoms with Gasteiger partial charge in [0.2, 0.25) is 5.88 Å². The van der Waals surface area contributed by atoms with E-state index in [1.54, 1.807) is 12.4 Å². The fraction of sp³-hybridized carbons (Fsp3) is 0.364. The van der Waals surface area contributed by atoms with Gasteiger partial charge in [-0.2, -0.15) is 0 Å². The maximum atomic E-state index is 9.83. The van der Waals surface area contributed by atoms with Gasteiger partial charge in [-0.1, -0.05) is 0 Å². The van der Waals surface area contributed by atoms with Gasteiger partial charge in [-0.3, -0.25) is 0 Å². The van der Waals surface area contributed by atoms with Crippen LogP contribution in [0.3, 0.4) is 0 Å². The average Bonchev–Trinajstić information content (AvgIpc) is 3.58. The van der Waals surface area contributed by atoms with Crippen LogP contribution in [-0.4, -0.2) is 53.2 Å². The molecule has 2 unspecified atom stereocenters. The van der Waals surface area contributed by atoms with Crippen LogP contribution in [0.2, 0.25) is 0 Å². The lowest BCUT2D eigenvalue weighted by atomic mass is 10.0. The van der Waals surface area contributed by atoms with Gasteiger partial charge >= 0.3 is 0 Å². The van der Waals surface area contributed by atoms with Gasteiger partial charge in [-0.05, 0) is 42.3 Å². The van der Waals surface area contributed by atoms with E-state index in [4.69, 9.17) is 15.6 Å². The Labute approximate surface area is 180 Å². The van der Waals surface area contributed by atoms with Crippen LogP contribution < -0.4 is 21.1 Å². The molecule has 1 aliphatic heterocycles. The lowest BCUT2D eigenvalue weighted by Gasteiger charge is -2.21. The number of aldehydes is 1. The molecule has 162 valence electrons. The van der Waals surface area contributed by atoms with Crippen LogP contribution in [0, 0.1) is 18.8 Å². The van der Waals surface area contributed by atoms with Gasteiger partial charge in [0.1, 0.15) is 30.2 Å². The zero-order valence-electron chi connectivity index (χ0n) is 17.6. The molecule has 1 saturated carbocycles. The minimum Gasteiger partial charge on any atom is -0.474 e. The second-order valence-corrected chi connectivity index (χ2v) is 7.66. The average molecular weight is 422 g/mol. The quantitative estimate of drug-likeness (QED) is 0.467. The van der Waals surface area contributed by atoms with Crippen LogP contribution in [0.25, 0.3) is 22.0 Å². The number of aromatic nitrogens is 3. The summed E-state index contributed by atoms with van der Waals surface area (Å²) in [6.45, 7) is 3.61. The topological polar surface area (TPSA) is 135 Å². The summed E-state index contributed by atoms with van der Waals surface area (Å²) < 4.78 is 5.58. The molecule has 0 amide bonds. The van der Waals surface area contributed by atoms with Crippen molar-refractivity contribution in [1.29, 1.82) is 0 Å². The van der Waals surface area contributed by atoms with E-state index < -0.39 is 0 Å². The Morgan fingerprint density at radius 2 is 2.19 bits per heavy atom. The standard InChI is InChI=1S/C17H18N6O.C5H8O2/c1-9-11(7-22-17-15(9)20-3-4-24-17)13-5-10-6-14(19-2)21-8-12(10)16(18)23-13;6-2-4-1-5(4)3-7/h5-8,20H,3-4H2,1-2H3,(H2,18,23)(H,19,21);2,4-5,7H,1,3H2. The van der Waals surface area contributed by atoms with Crippen molar-refractivity contribution in [3.05, 3.63) is 30.1 Å². The predicted molar refractivity (Wildman–Crippen MR) is 120 cm³/mol. The molecule has 2 aliphatic rings. The van der Waals surface area contributed by atoms with E-state index in [0.717, 1.165) is 58.4 Å². The van der Waals surface area contributed by atoms with Crippen LogP contribution in [-0.2, 0) is 4.79 Å². The second-order valence-electron chi connectivity index (χ2n) is 7.66. The third-order valence-corrected chi connectivity index (χ3v) is 5.61. The van der Waals surface area contributed by atoms with Crippen LogP contribution in [0.15, 0.2) is 24.5 Å². The number of hydrogen-bond acceptors (Lipinski definition) is 9. The minimum absolute atomic E-state index is 0.184. The molecule has 0 radical (unpaired) electrons. The summed E-state index contributed by atoms with van der Waals surface area (Å²) in [6, 6.07) is 3.97. The summed E-state index contributed by atoms with van der Waals surface area (Å²) in [5.41, 5.74) is 9.83. The molecule has 3 aromatic rings. The van der Waals surface area contributed by atoms with E-state index in [2.05, 4.69) is 25.6 Å². The predicted octanol–water partition coefficient (Wildman–Crippen LogP) is 2.24. The largest absolute Gasteiger partial charge is 0.474 e. The van der Waals surface area contributed by atoms with Crippen molar-refractivity contribution in [2.75, 3.05) is 43.2 Å². The first-order valence-corrected chi connectivity index (χ1v) is 10.2. The van der Waals surface area contributed by atoms with E-state index in [1.165, 1.54) is 0 Å². The molecular weight excluding hydrogens is 396 g/mol. The van der Waals surface area contributed by atoms with Crippen molar-refractivity contribution in [2.24, 2.45) is 11.8 Å². The summed E-state index contributed by atoms with van der Waals surface area (Å²) in [7, 11) is 1.84. The molecule has 0 spiro atoms. The fourth-order valence-corrected chi connectivity index (χ4v) is 3.58. The number of carbonyl (C=O) groups excluding carboxylic acids is 1. The minimum atomic E-state index is 0.184. The van der Waals surface area contributed by atoms with Crippen LogP contribution >= 0.6 is 0 Å². The summed E-state index contributed by atoms with van der Waals surface area (Å²) >= 11 is 0. The molecule has 4 heterocycles. The number of nitrogens with one attached hydrogen (secondary N) is 2. The number of nitrogens with two attached hydrogens (primary N) is 1. The van der Waals surface area contributed by atoms with Crippen LogP contribution in [0.5, 0.6) is 5.88 Å². The Hall–Kier alpha value is -3.46.